The molecule has 8 heteroatoms. The number of rotatable bonds is 5. The van der Waals surface area contributed by atoms with Crippen LogP contribution in [0.4, 0.5) is 5.69 Å². The van der Waals surface area contributed by atoms with Crippen LogP contribution < -0.4 is 14.4 Å². The van der Waals surface area contributed by atoms with Crippen LogP contribution in [0.1, 0.15) is 0 Å². The summed E-state index contributed by atoms with van der Waals surface area (Å²) >= 11 is 0. The van der Waals surface area contributed by atoms with E-state index in [1.807, 2.05) is 23.1 Å². The molecule has 2 aromatic carbocycles. The van der Waals surface area contributed by atoms with E-state index in [1.165, 1.54) is 19.4 Å². The van der Waals surface area contributed by atoms with Crippen molar-refractivity contribution in [3.05, 3.63) is 48.7 Å². The Morgan fingerprint density at radius 2 is 1.72 bits per heavy atom. The van der Waals surface area contributed by atoms with Crippen molar-refractivity contribution in [3.63, 3.8) is 0 Å². The van der Waals surface area contributed by atoms with Gasteiger partial charge in [-0.05, 0) is 36.4 Å². The molecule has 0 atom stereocenters. The Morgan fingerprint density at radius 3 is 2.45 bits per heavy atom. The molecule has 1 aliphatic heterocycles. The van der Waals surface area contributed by atoms with E-state index in [9.17, 15) is 8.42 Å². The number of hydrogen-bond acceptors (Lipinski definition) is 7. The molecule has 7 nitrogen and oxygen atoms in total. The van der Waals surface area contributed by atoms with Gasteiger partial charge in [0.15, 0.2) is 0 Å². The van der Waals surface area contributed by atoms with Gasteiger partial charge in [-0.2, -0.15) is 0 Å². The van der Waals surface area contributed by atoms with E-state index in [2.05, 4.69) is 4.98 Å². The minimum Gasteiger partial charge on any atom is -0.497 e. The van der Waals surface area contributed by atoms with Gasteiger partial charge in [-0.3, -0.25) is 4.98 Å². The number of hydrogen-bond donors (Lipinski definition) is 0. The number of ether oxygens (including phenoxy) is 3. The van der Waals surface area contributed by atoms with Gasteiger partial charge in [0.1, 0.15) is 16.4 Å². The average Bonchev–Trinajstić information content (AvgIpc) is 2.78. The molecule has 4 rings (SSSR count). The molecule has 0 N–H and O–H groups in total. The lowest BCUT2D eigenvalue weighted by atomic mass is 10.1. The molecule has 1 fully saturated rings. The number of pyridine rings is 1. The van der Waals surface area contributed by atoms with Crippen molar-refractivity contribution in [1.82, 2.24) is 4.98 Å². The smallest absolute Gasteiger partial charge is 0.210 e. The fraction of sp³-hybridized carbons (Fsp3) is 0.286. The van der Waals surface area contributed by atoms with Crippen LogP contribution in [0.2, 0.25) is 0 Å². The van der Waals surface area contributed by atoms with E-state index >= 15 is 0 Å². The van der Waals surface area contributed by atoms with Crippen molar-refractivity contribution in [2.24, 2.45) is 0 Å². The minimum atomic E-state index is -3.83. The van der Waals surface area contributed by atoms with Crippen molar-refractivity contribution < 1.29 is 22.6 Å². The zero-order chi connectivity index (χ0) is 20.4. The van der Waals surface area contributed by atoms with Crippen molar-refractivity contribution in [1.29, 1.82) is 0 Å². The summed E-state index contributed by atoms with van der Waals surface area (Å²) in [4.78, 5) is 6.79. The van der Waals surface area contributed by atoms with Crippen LogP contribution in [0.3, 0.4) is 0 Å². The number of anilines is 1. The topological polar surface area (TPSA) is 78.0 Å². The summed E-state index contributed by atoms with van der Waals surface area (Å²) in [5, 5.41) is 0.732. The van der Waals surface area contributed by atoms with Crippen LogP contribution in [0.15, 0.2) is 58.5 Å². The molecule has 152 valence electrons. The number of aromatic nitrogens is 1. The highest BCUT2D eigenvalue weighted by Gasteiger charge is 2.28. The van der Waals surface area contributed by atoms with E-state index in [0.29, 0.717) is 49.0 Å². The Balaban J connectivity index is 1.97. The van der Waals surface area contributed by atoms with Crippen LogP contribution in [-0.4, -0.2) is 53.9 Å². The summed E-state index contributed by atoms with van der Waals surface area (Å²) in [6, 6.07) is 11.9. The summed E-state index contributed by atoms with van der Waals surface area (Å²) in [5.74, 6) is 1.12. The van der Waals surface area contributed by atoms with Gasteiger partial charge < -0.3 is 19.1 Å². The van der Waals surface area contributed by atoms with Crippen molar-refractivity contribution in [3.8, 4) is 11.5 Å². The lowest BCUT2D eigenvalue weighted by Gasteiger charge is -2.31. The van der Waals surface area contributed by atoms with Crippen LogP contribution in [0.5, 0.6) is 11.5 Å². The first-order valence-corrected chi connectivity index (χ1v) is 10.7. The molecule has 0 aliphatic carbocycles. The Labute approximate surface area is 169 Å². The number of morpholine rings is 1. The predicted octanol–water partition coefficient (Wildman–Crippen LogP) is 2.92. The highest BCUT2D eigenvalue weighted by Crippen LogP contribution is 2.38. The number of sulfone groups is 1. The Hall–Kier alpha value is -2.84. The maximum absolute atomic E-state index is 13.6. The molecule has 0 unspecified atom stereocenters. The molecule has 29 heavy (non-hydrogen) atoms. The lowest BCUT2D eigenvalue weighted by Crippen LogP contribution is -2.37. The van der Waals surface area contributed by atoms with E-state index < -0.39 is 9.84 Å². The zero-order valence-corrected chi connectivity index (χ0v) is 17.1. The first-order chi connectivity index (χ1) is 14.0. The third kappa shape index (κ3) is 3.61. The third-order valence-corrected chi connectivity index (χ3v) is 6.73. The molecular formula is C21H22N2O5S. The molecule has 3 aromatic rings. The van der Waals surface area contributed by atoms with Gasteiger partial charge >= 0.3 is 0 Å². The normalized spacial score (nSPS) is 14.8. The average molecular weight is 414 g/mol. The molecule has 0 saturated carbocycles. The fourth-order valence-electron chi connectivity index (χ4n) is 3.47. The quantitative estimate of drug-likeness (QED) is 0.635. The summed E-state index contributed by atoms with van der Waals surface area (Å²) in [5.41, 5.74) is 1.33. The van der Waals surface area contributed by atoms with Gasteiger partial charge in [-0.25, -0.2) is 8.42 Å². The van der Waals surface area contributed by atoms with Crippen LogP contribution in [0.25, 0.3) is 10.9 Å². The molecular weight excluding hydrogens is 392 g/mol. The predicted molar refractivity (Wildman–Crippen MR) is 110 cm³/mol. The molecule has 0 amide bonds. The van der Waals surface area contributed by atoms with E-state index in [0.717, 1.165) is 5.39 Å². The van der Waals surface area contributed by atoms with Crippen molar-refractivity contribution in [2.75, 3.05) is 45.4 Å². The van der Waals surface area contributed by atoms with Gasteiger partial charge in [0, 0.05) is 24.7 Å². The molecule has 2 heterocycles. The Kier molecular flexibility index (Phi) is 5.29. The summed E-state index contributed by atoms with van der Waals surface area (Å²) < 4.78 is 43.2. The second-order valence-corrected chi connectivity index (χ2v) is 8.55. The van der Waals surface area contributed by atoms with Crippen LogP contribution in [-0.2, 0) is 14.6 Å². The highest BCUT2D eigenvalue weighted by atomic mass is 32.2. The maximum atomic E-state index is 13.6. The van der Waals surface area contributed by atoms with E-state index in [4.69, 9.17) is 14.2 Å². The van der Waals surface area contributed by atoms with Crippen LogP contribution in [0, 0.1) is 0 Å². The van der Waals surface area contributed by atoms with Crippen LogP contribution >= 0.6 is 0 Å². The summed E-state index contributed by atoms with van der Waals surface area (Å²) in [6.07, 6.45) is 1.44. The molecule has 0 bridgehead atoms. The van der Waals surface area contributed by atoms with Crippen molar-refractivity contribution in [2.45, 2.75) is 9.79 Å². The second kappa shape index (κ2) is 7.88. The number of nitrogens with zero attached hydrogens (tertiary/aromatic N) is 2. The second-order valence-electron chi connectivity index (χ2n) is 6.64. The number of methoxy groups -OCH3 is 2. The lowest BCUT2D eigenvalue weighted by molar-refractivity contribution is 0.122. The third-order valence-electron chi connectivity index (χ3n) is 4.98. The van der Waals surface area contributed by atoms with E-state index in [-0.39, 0.29) is 9.79 Å². The Morgan fingerprint density at radius 1 is 1.00 bits per heavy atom. The molecule has 1 aliphatic rings. The van der Waals surface area contributed by atoms with E-state index in [1.54, 1.807) is 25.3 Å². The first kappa shape index (κ1) is 19.5. The standard InChI is InChI=1S/C21H22N2O5S/c1-26-15-4-3-5-17(12-15)29(24,25)20-14-22-19-7-6-16(27-2)13-18(19)21(20)23-8-10-28-11-9-23/h3-7,12-14H,8-11H2,1-2H3. The van der Waals surface area contributed by atoms with Gasteiger partial charge in [0.25, 0.3) is 0 Å². The molecule has 0 radical (unpaired) electrons. The molecule has 1 aromatic heterocycles. The van der Waals surface area contributed by atoms with Gasteiger partial charge in [0.05, 0.1) is 43.5 Å². The van der Waals surface area contributed by atoms with Crippen molar-refractivity contribution >= 4 is 26.4 Å². The van der Waals surface area contributed by atoms with Gasteiger partial charge in [-0.1, -0.05) is 6.07 Å². The zero-order valence-electron chi connectivity index (χ0n) is 16.3. The molecule has 1 saturated heterocycles. The first-order valence-electron chi connectivity index (χ1n) is 9.23. The SMILES string of the molecule is COc1cccc(S(=O)(=O)c2cnc3ccc(OC)cc3c2N2CCOCC2)c1. The molecule has 0 spiro atoms. The number of benzene rings is 2. The minimum absolute atomic E-state index is 0.161. The van der Waals surface area contributed by atoms with Gasteiger partial charge in [0.2, 0.25) is 9.84 Å². The monoisotopic (exact) mass is 414 g/mol. The largest absolute Gasteiger partial charge is 0.497 e. The maximum Gasteiger partial charge on any atom is 0.210 e. The summed E-state index contributed by atoms with van der Waals surface area (Å²) in [6.45, 7) is 2.26. The van der Waals surface area contributed by atoms with Gasteiger partial charge in [-0.15, -0.1) is 0 Å². The number of fused-ring (bicyclic) bond motifs is 1. The highest BCUT2D eigenvalue weighted by molar-refractivity contribution is 7.91. The summed E-state index contributed by atoms with van der Waals surface area (Å²) in [7, 11) is -0.737. The fourth-order valence-corrected chi connectivity index (χ4v) is 4.94. The Bertz CT molecular complexity index is 1140.